The summed E-state index contributed by atoms with van der Waals surface area (Å²) in [4.78, 5) is 0. The van der Waals surface area contributed by atoms with E-state index in [2.05, 4.69) is 71.4 Å². The van der Waals surface area contributed by atoms with Crippen LogP contribution in [0.2, 0.25) is 0 Å². The predicted molar refractivity (Wildman–Crippen MR) is 130 cm³/mol. The maximum absolute atomic E-state index is 15.4. The van der Waals surface area contributed by atoms with Gasteiger partial charge in [-0.25, -0.2) is 0 Å². The number of anilines is 2. The highest BCUT2D eigenvalue weighted by Gasteiger charge is 2.47. The molecular weight excluding hydrogens is 397 g/mol. The number of para-hydroxylation sites is 1. The van der Waals surface area contributed by atoms with Gasteiger partial charge in [0.2, 0.25) is 7.29 Å². The number of hydrogen-bond acceptors (Lipinski definition) is 1. The summed E-state index contributed by atoms with van der Waals surface area (Å²) in [6.07, 6.45) is 0. The first-order valence-corrected chi connectivity index (χ1v) is 12.2. The van der Waals surface area contributed by atoms with Gasteiger partial charge in [-0.15, -0.1) is 0 Å². The zero-order valence-electron chi connectivity index (χ0n) is 16.7. The average Bonchev–Trinajstić information content (AvgIpc) is 2.84. The van der Waals surface area contributed by atoms with E-state index >= 15 is 4.57 Å². The smallest absolute Gasteiger partial charge is 0.235 e. The standard InChI is InChI=1S/C28H18NOP/c30-31-26-15-7-4-12-22(26)21-11-3-6-14-25(21)29(31)28-20-10-2-1-9-19(20)17-18-24(28)23-13-5-8-16-27(23)31/h1-18H. The molecule has 2 aliphatic heterocycles. The van der Waals surface area contributed by atoms with Crippen LogP contribution in [-0.4, -0.2) is 0 Å². The second kappa shape index (κ2) is 5.97. The van der Waals surface area contributed by atoms with Gasteiger partial charge >= 0.3 is 0 Å². The third kappa shape index (κ3) is 2.06. The Morgan fingerprint density at radius 3 is 1.87 bits per heavy atom. The molecule has 0 amide bonds. The molecule has 0 saturated carbocycles. The zero-order valence-corrected chi connectivity index (χ0v) is 17.6. The number of benzene rings is 5. The molecule has 0 bridgehead atoms. The molecule has 146 valence electrons. The summed E-state index contributed by atoms with van der Waals surface area (Å²) in [5, 5.41) is 4.12. The van der Waals surface area contributed by atoms with E-state index in [4.69, 9.17) is 0 Å². The highest BCUT2D eigenvalue weighted by molar-refractivity contribution is 7.81. The zero-order chi connectivity index (χ0) is 20.6. The van der Waals surface area contributed by atoms with Crippen molar-refractivity contribution in [3.8, 4) is 22.3 Å². The van der Waals surface area contributed by atoms with Crippen molar-refractivity contribution in [2.24, 2.45) is 0 Å². The molecule has 7 rings (SSSR count). The van der Waals surface area contributed by atoms with Crippen LogP contribution in [0.25, 0.3) is 33.0 Å². The van der Waals surface area contributed by atoms with Gasteiger partial charge in [0.05, 0.1) is 11.4 Å². The van der Waals surface area contributed by atoms with E-state index in [-0.39, 0.29) is 0 Å². The van der Waals surface area contributed by atoms with E-state index < -0.39 is 7.29 Å². The first-order chi connectivity index (χ1) is 15.3. The third-order valence-electron chi connectivity index (χ3n) is 6.57. The van der Waals surface area contributed by atoms with Gasteiger partial charge in [-0.3, -0.25) is 9.24 Å². The number of rotatable bonds is 0. The quantitative estimate of drug-likeness (QED) is 0.257. The van der Waals surface area contributed by atoms with Gasteiger partial charge in [-0.2, -0.15) is 0 Å². The van der Waals surface area contributed by atoms with E-state index in [1.165, 1.54) is 0 Å². The largest absolute Gasteiger partial charge is 0.289 e. The van der Waals surface area contributed by atoms with Crippen molar-refractivity contribution in [1.29, 1.82) is 0 Å². The Kier molecular flexibility index (Phi) is 3.29. The maximum Gasteiger partial charge on any atom is 0.235 e. The molecule has 2 nitrogen and oxygen atoms in total. The molecule has 2 heterocycles. The number of fused-ring (bicyclic) bond motifs is 13. The lowest BCUT2D eigenvalue weighted by Crippen LogP contribution is -2.37. The Morgan fingerprint density at radius 2 is 1.10 bits per heavy atom. The van der Waals surface area contributed by atoms with Crippen molar-refractivity contribution in [3.63, 3.8) is 0 Å². The first-order valence-electron chi connectivity index (χ1n) is 10.5. The van der Waals surface area contributed by atoms with E-state index in [9.17, 15) is 0 Å². The Bertz CT molecular complexity index is 1590. The lowest BCUT2D eigenvalue weighted by molar-refractivity contribution is 0.587. The van der Waals surface area contributed by atoms with Crippen LogP contribution < -0.4 is 15.3 Å². The lowest BCUT2D eigenvalue weighted by atomic mass is 9.96. The predicted octanol–water partition coefficient (Wildman–Crippen LogP) is 6.87. The molecule has 0 radical (unpaired) electrons. The number of nitrogens with zero attached hydrogens (tertiary/aromatic N) is 1. The molecule has 0 spiro atoms. The topological polar surface area (TPSA) is 20.3 Å². The van der Waals surface area contributed by atoms with Crippen LogP contribution in [0.3, 0.4) is 0 Å². The Hall–Kier alpha value is -3.61. The van der Waals surface area contributed by atoms with Crippen LogP contribution in [-0.2, 0) is 4.57 Å². The highest BCUT2D eigenvalue weighted by atomic mass is 31.2. The SMILES string of the molecule is O=P12c3ccccc3-c3ccccc3N1c1c(ccc3ccccc13)-c1ccccc12. The summed E-state index contributed by atoms with van der Waals surface area (Å²) in [5.74, 6) is 0. The van der Waals surface area contributed by atoms with Crippen LogP contribution in [0.4, 0.5) is 11.4 Å². The molecule has 31 heavy (non-hydrogen) atoms. The molecule has 0 aromatic heterocycles. The van der Waals surface area contributed by atoms with Gasteiger partial charge in [0.25, 0.3) is 0 Å². The maximum atomic E-state index is 15.4. The summed E-state index contributed by atoms with van der Waals surface area (Å²) in [6.45, 7) is 0. The van der Waals surface area contributed by atoms with Crippen LogP contribution in [0.1, 0.15) is 0 Å². The van der Waals surface area contributed by atoms with Crippen LogP contribution in [0.15, 0.2) is 109 Å². The van der Waals surface area contributed by atoms with Crippen molar-refractivity contribution < 1.29 is 4.57 Å². The van der Waals surface area contributed by atoms with Crippen molar-refractivity contribution in [2.45, 2.75) is 0 Å². The Labute approximate surface area is 180 Å². The molecule has 5 aromatic carbocycles. The molecule has 1 atom stereocenters. The molecule has 0 fully saturated rings. The molecule has 2 aliphatic rings. The third-order valence-corrected chi connectivity index (χ3v) is 9.63. The van der Waals surface area contributed by atoms with Gasteiger partial charge in [0.1, 0.15) is 0 Å². The minimum atomic E-state index is -3.13. The monoisotopic (exact) mass is 415 g/mol. The summed E-state index contributed by atoms with van der Waals surface area (Å²) in [7, 11) is -3.13. The summed E-state index contributed by atoms with van der Waals surface area (Å²) in [6, 6.07) is 37.5. The minimum absolute atomic E-state index is 0.916. The van der Waals surface area contributed by atoms with Crippen LogP contribution in [0.5, 0.6) is 0 Å². The van der Waals surface area contributed by atoms with E-state index in [0.29, 0.717) is 0 Å². The molecule has 5 aromatic rings. The highest BCUT2D eigenvalue weighted by Crippen LogP contribution is 2.66. The number of hydrogen-bond donors (Lipinski definition) is 0. The molecule has 0 aliphatic carbocycles. The van der Waals surface area contributed by atoms with E-state index in [1.807, 2.05) is 42.5 Å². The summed E-state index contributed by atoms with van der Waals surface area (Å²) >= 11 is 0. The fourth-order valence-corrected chi connectivity index (χ4v) is 8.56. The summed E-state index contributed by atoms with van der Waals surface area (Å²) < 4.78 is 17.5. The van der Waals surface area contributed by atoms with Crippen molar-refractivity contribution in [1.82, 2.24) is 0 Å². The van der Waals surface area contributed by atoms with E-state index in [1.54, 1.807) is 0 Å². The average molecular weight is 415 g/mol. The van der Waals surface area contributed by atoms with E-state index in [0.717, 1.165) is 55.0 Å². The normalized spacial score (nSPS) is 17.9. The molecular formula is C28H18NOP. The first kappa shape index (κ1) is 17.1. The van der Waals surface area contributed by atoms with Crippen molar-refractivity contribution >= 4 is 40.0 Å². The Balaban J connectivity index is 1.74. The fraction of sp³-hybridized carbons (Fsp3) is 0. The second-order valence-corrected chi connectivity index (χ2v) is 10.6. The summed E-state index contributed by atoms with van der Waals surface area (Å²) in [5.41, 5.74) is 6.45. The molecule has 0 N–H and O–H groups in total. The van der Waals surface area contributed by atoms with Gasteiger partial charge < -0.3 is 0 Å². The van der Waals surface area contributed by atoms with Crippen LogP contribution >= 0.6 is 7.29 Å². The Morgan fingerprint density at radius 1 is 0.516 bits per heavy atom. The van der Waals surface area contributed by atoms with Crippen molar-refractivity contribution in [3.05, 3.63) is 109 Å². The lowest BCUT2D eigenvalue weighted by Gasteiger charge is -2.44. The second-order valence-electron chi connectivity index (χ2n) is 8.12. The van der Waals surface area contributed by atoms with Gasteiger partial charge in [0, 0.05) is 27.1 Å². The fourth-order valence-electron chi connectivity index (χ4n) is 5.28. The molecule has 1 unspecified atom stereocenters. The molecule has 0 saturated heterocycles. The van der Waals surface area contributed by atoms with Crippen LogP contribution in [0, 0.1) is 0 Å². The van der Waals surface area contributed by atoms with Crippen molar-refractivity contribution in [2.75, 3.05) is 4.67 Å². The minimum Gasteiger partial charge on any atom is -0.289 e. The van der Waals surface area contributed by atoms with Gasteiger partial charge in [-0.1, -0.05) is 91.0 Å². The van der Waals surface area contributed by atoms with Gasteiger partial charge in [0.15, 0.2) is 0 Å². The van der Waals surface area contributed by atoms with Gasteiger partial charge in [-0.05, 0) is 34.7 Å². The molecule has 3 heteroatoms.